The van der Waals surface area contributed by atoms with Crippen molar-refractivity contribution in [2.24, 2.45) is 0 Å². The largest absolute Gasteiger partial charge is 0.497 e. The van der Waals surface area contributed by atoms with Gasteiger partial charge in [0.1, 0.15) is 5.75 Å². The van der Waals surface area contributed by atoms with Crippen molar-refractivity contribution in [2.45, 2.75) is 0 Å². The number of nitrogen functional groups attached to an aromatic ring is 1. The number of rotatable bonds is 7. The lowest BCUT2D eigenvalue weighted by Crippen LogP contribution is -2.03. The van der Waals surface area contributed by atoms with Crippen molar-refractivity contribution in [3.63, 3.8) is 0 Å². The number of benzene rings is 2. The van der Waals surface area contributed by atoms with Crippen LogP contribution >= 0.6 is 0 Å². The highest BCUT2D eigenvalue weighted by molar-refractivity contribution is 6.16. The number of nitrogens with zero attached hydrogens (tertiary/aromatic N) is 2. The monoisotopic (exact) mass is 481 g/mol. The van der Waals surface area contributed by atoms with Crippen LogP contribution in [0, 0.1) is 0 Å². The number of methoxy groups -OCH3 is 3. The van der Waals surface area contributed by atoms with Crippen LogP contribution in [-0.4, -0.2) is 37.1 Å². The van der Waals surface area contributed by atoms with Gasteiger partial charge in [-0.2, -0.15) is 0 Å². The first-order valence-electron chi connectivity index (χ1n) is 11.1. The van der Waals surface area contributed by atoms with Crippen LogP contribution in [0.2, 0.25) is 0 Å². The molecular formula is C28H23N3O5. The fourth-order valence-corrected chi connectivity index (χ4v) is 4.06. The summed E-state index contributed by atoms with van der Waals surface area (Å²) in [5, 5.41) is 0.534. The second-order valence-corrected chi connectivity index (χ2v) is 7.95. The summed E-state index contributed by atoms with van der Waals surface area (Å²) in [6.07, 6.45) is 3.40. The molecule has 0 saturated carbocycles. The molecule has 180 valence electrons. The Morgan fingerprint density at radius 1 is 0.889 bits per heavy atom. The van der Waals surface area contributed by atoms with Crippen LogP contribution in [0.5, 0.6) is 17.2 Å². The smallest absolute Gasteiger partial charge is 0.230 e. The van der Waals surface area contributed by atoms with E-state index in [9.17, 15) is 4.79 Å². The summed E-state index contributed by atoms with van der Waals surface area (Å²) in [5.74, 6) is 1.46. The lowest BCUT2D eigenvalue weighted by atomic mass is 9.98. The normalized spacial score (nSPS) is 10.9. The Morgan fingerprint density at radius 3 is 2.33 bits per heavy atom. The highest BCUT2D eigenvalue weighted by Gasteiger charge is 2.25. The first-order valence-corrected chi connectivity index (χ1v) is 11.1. The summed E-state index contributed by atoms with van der Waals surface area (Å²) in [6, 6.07) is 17.9. The van der Waals surface area contributed by atoms with E-state index >= 15 is 0 Å². The second-order valence-electron chi connectivity index (χ2n) is 7.95. The lowest BCUT2D eigenvalue weighted by Gasteiger charge is -2.11. The zero-order valence-corrected chi connectivity index (χ0v) is 19.9. The number of ether oxygens (including phenoxy) is 3. The number of aromatic nitrogens is 2. The van der Waals surface area contributed by atoms with E-state index in [1.807, 2.05) is 36.4 Å². The Morgan fingerprint density at radius 2 is 1.67 bits per heavy atom. The molecule has 0 atom stereocenters. The number of fused-ring (bicyclic) bond motifs is 1. The van der Waals surface area contributed by atoms with E-state index in [0.717, 1.165) is 16.7 Å². The SMILES string of the molecule is COc1ccc(C(=O)c2oc3nc(-c4cccnc4)cc(-c4ccc(OC)c(OC)c4)c3c2N)cc1. The van der Waals surface area contributed by atoms with Gasteiger partial charge in [0.15, 0.2) is 11.5 Å². The minimum atomic E-state index is -0.352. The first kappa shape index (κ1) is 22.9. The Bertz CT molecular complexity index is 1560. The predicted molar refractivity (Wildman–Crippen MR) is 137 cm³/mol. The van der Waals surface area contributed by atoms with Crippen LogP contribution in [0.4, 0.5) is 5.69 Å². The van der Waals surface area contributed by atoms with Crippen molar-refractivity contribution in [1.29, 1.82) is 0 Å². The Balaban J connectivity index is 1.73. The van der Waals surface area contributed by atoms with Crippen LogP contribution < -0.4 is 19.9 Å². The van der Waals surface area contributed by atoms with Gasteiger partial charge in [0.05, 0.1) is 38.1 Å². The molecule has 0 bridgehead atoms. The van der Waals surface area contributed by atoms with Gasteiger partial charge >= 0.3 is 0 Å². The van der Waals surface area contributed by atoms with Crippen LogP contribution in [0.25, 0.3) is 33.5 Å². The van der Waals surface area contributed by atoms with E-state index in [4.69, 9.17) is 24.4 Å². The molecule has 0 amide bonds. The van der Waals surface area contributed by atoms with Crippen LogP contribution in [0.15, 0.2) is 77.5 Å². The number of carbonyl (C=O) groups is 1. The number of ketones is 1. The van der Waals surface area contributed by atoms with Gasteiger partial charge in [-0.1, -0.05) is 6.07 Å². The molecule has 0 radical (unpaired) electrons. The third-order valence-electron chi connectivity index (χ3n) is 5.91. The molecule has 5 aromatic rings. The third-order valence-corrected chi connectivity index (χ3v) is 5.91. The average molecular weight is 482 g/mol. The summed E-state index contributed by atoms with van der Waals surface area (Å²) in [6.45, 7) is 0. The van der Waals surface area contributed by atoms with E-state index in [1.165, 1.54) is 0 Å². The van der Waals surface area contributed by atoms with Gasteiger partial charge in [-0.25, -0.2) is 4.98 Å². The quantitative estimate of drug-likeness (QED) is 0.308. The van der Waals surface area contributed by atoms with Crippen molar-refractivity contribution in [3.05, 3.63) is 84.4 Å². The topological polar surface area (TPSA) is 110 Å². The summed E-state index contributed by atoms with van der Waals surface area (Å²) in [5.41, 5.74) is 10.4. The van der Waals surface area contributed by atoms with Gasteiger partial charge in [-0.15, -0.1) is 0 Å². The Kier molecular flexibility index (Phi) is 6.00. The number of hydrogen-bond acceptors (Lipinski definition) is 8. The van der Waals surface area contributed by atoms with Crippen molar-refractivity contribution in [2.75, 3.05) is 27.1 Å². The summed E-state index contributed by atoms with van der Waals surface area (Å²) in [7, 11) is 4.71. The summed E-state index contributed by atoms with van der Waals surface area (Å²) >= 11 is 0. The fourth-order valence-electron chi connectivity index (χ4n) is 4.06. The minimum Gasteiger partial charge on any atom is -0.497 e. The van der Waals surface area contributed by atoms with Crippen LogP contribution in [-0.2, 0) is 0 Å². The van der Waals surface area contributed by atoms with Crippen LogP contribution in [0.1, 0.15) is 16.1 Å². The third kappa shape index (κ3) is 3.98. The van der Waals surface area contributed by atoms with Gasteiger partial charge in [-0.05, 0) is 65.7 Å². The van der Waals surface area contributed by atoms with Crippen molar-refractivity contribution in [3.8, 4) is 39.6 Å². The molecule has 2 aromatic carbocycles. The number of pyridine rings is 2. The molecule has 8 heteroatoms. The minimum absolute atomic E-state index is 0.0210. The van der Waals surface area contributed by atoms with E-state index in [0.29, 0.717) is 33.9 Å². The predicted octanol–water partition coefficient (Wildman–Crippen LogP) is 5.40. The number of hydrogen-bond donors (Lipinski definition) is 1. The molecule has 0 saturated heterocycles. The molecule has 0 aliphatic heterocycles. The summed E-state index contributed by atoms with van der Waals surface area (Å²) < 4.78 is 22.1. The highest BCUT2D eigenvalue weighted by atomic mass is 16.5. The second kappa shape index (κ2) is 9.42. The van der Waals surface area contributed by atoms with Gasteiger partial charge in [0.25, 0.3) is 0 Å². The molecule has 3 aromatic heterocycles. The molecule has 0 unspecified atom stereocenters. The molecule has 0 aliphatic rings. The molecule has 36 heavy (non-hydrogen) atoms. The Labute approximate surface area is 207 Å². The van der Waals surface area contributed by atoms with E-state index in [2.05, 4.69) is 9.97 Å². The van der Waals surface area contributed by atoms with Crippen molar-refractivity contribution in [1.82, 2.24) is 9.97 Å². The maximum atomic E-state index is 13.3. The molecule has 0 aliphatic carbocycles. The molecule has 0 spiro atoms. The van der Waals surface area contributed by atoms with E-state index in [-0.39, 0.29) is 22.9 Å². The molecule has 3 heterocycles. The van der Waals surface area contributed by atoms with Gasteiger partial charge in [0.2, 0.25) is 17.3 Å². The van der Waals surface area contributed by atoms with E-state index < -0.39 is 0 Å². The standard InChI is InChI=1S/C28H23N3O5/c1-33-19-9-6-16(7-10-19)26(32)27-25(29)24-20(17-8-11-22(34-2)23(13-17)35-3)14-21(31-28(24)36-27)18-5-4-12-30-15-18/h4-15H,29H2,1-3H3. The lowest BCUT2D eigenvalue weighted by molar-refractivity contribution is 0.101. The Hall–Kier alpha value is -4.85. The molecule has 0 fully saturated rings. The summed E-state index contributed by atoms with van der Waals surface area (Å²) in [4.78, 5) is 22.2. The van der Waals surface area contributed by atoms with Gasteiger partial charge < -0.3 is 24.4 Å². The number of furan rings is 1. The van der Waals surface area contributed by atoms with Crippen molar-refractivity contribution < 1.29 is 23.4 Å². The first-order chi connectivity index (χ1) is 17.5. The van der Waals surface area contributed by atoms with Crippen molar-refractivity contribution >= 4 is 22.6 Å². The molecule has 5 rings (SSSR count). The van der Waals surface area contributed by atoms with E-state index in [1.54, 1.807) is 58.0 Å². The highest BCUT2D eigenvalue weighted by Crippen LogP contribution is 2.41. The van der Waals surface area contributed by atoms with Crippen LogP contribution in [0.3, 0.4) is 0 Å². The van der Waals surface area contributed by atoms with Gasteiger partial charge in [0, 0.05) is 23.5 Å². The zero-order valence-electron chi connectivity index (χ0n) is 19.9. The maximum absolute atomic E-state index is 13.3. The zero-order chi connectivity index (χ0) is 25.2. The number of anilines is 1. The number of carbonyl (C=O) groups excluding carboxylic acids is 1. The molecule has 8 nitrogen and oxygen atoms in total. The number of nitrogens with two attached hydrogens (primary N) is 1. The van der Waals surface area contributed by atoms with Gasteiger partial charge in [-0.3, -0.25) is 9.78 Å². The fraction of sp³-hybridized carbons (Fsp3) is 0.107. The maximum Gasteiger partial charge on any atom is 0.230 e. The molecular weight excluding hydrogens is 458 g/mol. The molecule has 2 N–H and O–H groups in total. The average Bonchev–Trinajstić information content (AvgIpc) is 3.28.